The smallest absolute Gasteiger partial charge is 0.113 e. The Morgan fingerprint density at radius 2 is 2.10 bits per heavy atom. The zero-order chi connectivity index (χ0) is 14.5. The van der Waals surface area contributed by atoms with Gasteiger partial charge in [-0.25, -0.2) is 9.37 Å². The lowest BCUT2D eigenvalue weighted by Crippen LogP contribution is -2.28. The molecule has 0 bridgehead atoms. The average Bonchev–Trinajstić information content (AvgIpc) is 2.77. The molecule has 0 aliphatic rings. The first-order valence-electron chi connectivity index (χ1n) is 6.92. The summed E-state index contributed by atoms with van der Waals surface area (Å²) in [6.07, 6.45) is 0. The molecule has 0 fully saturated rings. The first-order chi connectivity index (χ1) is 9.65. The lowest BCUT2D eigenvalue weighted by atomic mass is 10.1. The van der Waals surface area contributed by atoms with Crippen molar-refractivity contribution in [3.8, 4) is 0 Å². The largest absolute Gasteiger partial charge is 0.377 e. The maximum Gasteiger partial charge on any atom is 0.113 e. The molecule has 0 aliphatic heterocycles. The second-order valence-electron chi connectivity index (χ2n) is 4.72. The van der Waals surface area contributed by atoms with E-state index in [1.807, 2.05) is 6.92 Å². The van der Waals surface area contributed by atoms with Gasteiger partial charge in [-0.3, -0.25) is 0 Å². The van der Waals surface area contributed by atoms with Gasteiger partial charge in [-0.05, 0) is 38.5 Å². The molecule has 1 aromatic heterocycles. The molecule has 0 aliphatic carbocycles. The Bertz CT molecular complexity index is 570. The van der Waals surface area contributed by atoms with E-state index in [0.717, 1.165) is 23.6 Å². The summed E-state index contributed by atoms with van der Waals surface area (Å²) < 4.78 is 18.5. The van der Waals surface area contributed by atoms with Crippen LogP contribution in [-0.4, -0.2) is 38.0 Å². The third-order valence-electron chi connectivity index (χ3n) is 3.26. The van der Waals surface area contributed by atoms with Crippen molar-refractivity contribution in [2.75, 3.05) is 37.9 Å². The van der Waals surface area contributed by atoms with Crippen LogP contribution in [0.4, 0.5) is 10.1 Å². The number of benzene rings is 1. The summed E-state index contributed by atoms with van der Waals surface area (Å²) in [6, 6.07) is 4.34. The quantitative estimate of drug-likeness (QED) is 0.728. The number of thiazole rings is 1. The number of halogens is 1. The van der Waals surface area contributed by atoms with Crippen LogP contribution in [0.1, 0.15) is 17.5 Å². The number of rotatable bonds is 7. The van der Waals surface area contributed by atoms with Crippen LogP contribution in [0.25, 0.3) is 10.2 Å². The van der Waals surface area contributed by atoms with Crippen molar-refractivity contribution in [3.63, 3.8) is 0 Å². The van der Waals surface area contributed by atoms with Crippen LogP contribution in [0.15, 0.2) is 12.1 Å². The molecule has 0 N–H and O–H groups in total. The normalized spacial score (nSPS) is 11.2. The Morgan fingerprint density at radius 3 is 2.80 bits per heavy atom. The average molecular weight is 296 g/mol. The van der Waals surface area contributed by atoms with Gasteiger partial charge in [0.15, 0.2) is 0 Å². The monoisotopic (exact) mass is 296 g/mol. The maximum absolute atomic E-state index is 12.0. The lowest BCUT2D eigenvalue weighted by molar-refractivity contribution is 0.124. The fourth-order valence-corrected chi connectivity index (χ4v) is 3.15. The summed E-state index contributed by atoms with van der Waals surface area (Å²) in [7, 11) is 0. The molecule has 2 rings (SSSR count). The zero-order valence-electron chi connectivity index (χ0n) is 12.3. The molecule has 110 valence electrons. The number of anilines is 1. The Labute approximate surface area is 123 Å². The van der Waals surface area contributed by atoms with Gasteiger partial charge in [0.05, 0.1) is 28.4 Å². The van der Waals surface area contributed by atoms with Gasteiger partial charge in [0, 0.05) is 18.8 Å². The molecule has 0 unspecified atom stereocenters. The second-order valence-corrected chi connectivity index (χ2v) is 5.96. The molecular formula is C15H21FN2OS. The second kappa shape index (κ2) is 6.99. The van der Waals surface area contributed by atoms with E-state index in [4.69, 9.17) is 4.74 Å². The summed E-state index contributed by atoms with van der Waals surface area (Å²) in [5.74, 6) is 0. The number of likely N-dealkylation sites (N-methyl/N-ethyl adjacent to an activating group) is 1. The highest BCUT2D eigenvalue weighted by Crippen LogP contribution is 2.30. The van der Waals surface area contributed by atoms with Crippen molar-refractivity contribution in [2.24, 2.45) is 0 Å². The molecule has 5 heteroatoms. The third-order valence-corrected chi connectivity index (χ3v) is 4.20. The predicted molar refractivity (Wildman–Crippen MR) is 83.8 cm³/mol. The predicted octanol–water partition coefficient (Wildman–Crippen LogP) is 3.73. The number of hydrogen-bond acceptors (Lipinski definition) is 4. The van der Waals surface area contributed by atoms with Gasteiger partial charge in [0.2, 0.25) is 0 Å². The number of ether oxygens (including phenoxy) is 1. The highest BCUT2D eigenvalue weighted by molar-refractivity contribution is 7.18. The highest BCUT2D eigenvalue weighted by atomic mass is 32.1. The van der Waals surface area contributed by atoms with Gasteiger partial charge >= 0.3 is 0 Å². The van der Waals surface area contributed by atoms with Crippen molar-refractivity contribution in [1.82, 2.24) is 4.98 Å². The van der Waals surface area contributed by atoms with E-state index >= 15 is 0 Å². The van der Waals surface area contributed by atoms with Crippen molar-refractivity contribution in [1.29, 1.82) is 0 Å². The Morgan fingerprint density at radius 1 is 1.30 bits per heavy atom. The third kappa shape index (κ3) is 3.46. The number of aryl methyl sites for hydroxylation is 2. The molecule has 0 atom stereocenters. The summed E-state index contributed by atoms with van der Waals surface area (Å²) in [6.45, 7) is 8.26. The van der Waals surface area contributed by atoms with E-state index in [1.165, 1.54) is 16.0 Å². The summed E-state index contributed by atoms with van der Waals surface area (Å²) in [5, 5.41) is 1.09. The molecule has 0 saturated carbocycles. The summed E-state index contributed by atoms with van der Waals surface area (Å²) in [5.41, 5.74) is 3.50. The van der Waals surface area contributed by atoms with Gasteiger partial charge < -0.3 is 9.64 Å². The lowest BCUT2D eigenvalue weighted by Gasteiger charge is -2.24. The summed E-state index contributed by atoms with van der Waals surface area (Å²) in [4.78, 5) is 6.79. The molecule has 2 aromatic rings. The van der Waals surface area contributed by atoms with Gasteiger partial charge in [0.1, 0.15) is 6.67 Å². The van der Waals surface area contributed by atoms with Crippen LogP contribution in [0.2, 0.25) is 0 Å². The molecule has 0 radical (unpaired) electrons. The Hall–Kier alpha value is -1.20. The number of alkyl halides is 1. The minimum Gasteiger partial charge on any atom is -0.377 e. The zero-order valence-corrected chi connectivity index (χ0v) is 13.1. The molecular weight excluding hydrogens is 275 g/mol. The molecule has 1 aromatic carbocycles. The Balaban J connectivity index is 2.17. The summed E-state index contributed by atoms with van der Waals surface area (Å²) >= 11 is 1.72. The van der Waals surface area contributed by atoms with Crippen molar-refractivity contribution in [2.45, 2.75) is 20.8 Å². The molecule has 0 saturated heterocycles. The van der Waals surface area contributed by atoms with Gasteiger partial charge in [-0.1, -0.05) is 0 Å². The van der Waals surface area contributed by atoms with Crippen molar-refractivity contribution < 1.29 is 9.13 Å². The van der Waals surface area contributed by atoms with Crippen LogP contribution in [0.5, 0.6) is 0 Å². The van der Waals surface area contributed by atoms with Crippen molar-refractivity contribution in [3.05, 3.63) is 22.7 Å². The molecule has 20 heavy (non-hydrogen) atoms. The maximum atomic E-state index is 12.0. The molecule has 3 nitrogen and oxygen atoms in total. The first-order valence-corrected chi connectivity index (χ1v) is 7.73. The minimum absolute atomic E-state index is 0.184. The molecule has 0 amide bonds. The number of fused-ring (bicyclic) bond motifs is 1. The highest BCUT2D eigenvalue weighted by Gasteiger charge is 2.11. The van der Waals surface area contributed by atoms with Crippen LogP contribution in [-0.2, 0) is 4.74 Å². The van der Waals surface area contributed by atoms with Gasteiger partial charge in [-0.15, -0.1) is 11.3 Å². The number of aromatic nitrogens is 1. The van der Waals surface area contributed by atoms with E-state index in [2.05, 4.69) is 35.9 Å². The Kier molecular flexibility index (Phi) is 5.31. The first kappa shape index (κ1) is 15.2. The van der Waals surface area contributed by atoms with Crippen LogP contribution in [0, 0.1) is 13.8 Å². The fraction of sp³-hybridized carbons (Fsp3) is 0.533. The standard InChI is InChI=1S/C15H21FN2OS/c1-4-18(6-8-19-7-5-16)14-10-15-13(9-11(14)2)17-12(3)20-15/h9-10H,4-8H2,1-3H3. The van der Waals surface area contributed by atoms with Gasteiger partial charge in [0.25, 0.3) is 0 Å². The molecule has 0 spiro atoms. The SMILES string of the molecule is CCN(CCOCCF)c1cc2sc(C)nc2cc1C. The fourth-order valence-electron chi connectivity index (χ4n) is 2.30. The van der Waals surface area contributed by atoms with E-state index in [0.29, 0.717) is 6.61 Å². The number of nitrogens with zero attached hydrogens (tertiary/aromatic N) is 2. The van der Waals surface area contributed by atoms with Crippen LogP contribution >= 0.6 is 11.3 Å². The van der Waals surface area contributed by atoms with Crippen LogP contribution < -0.4 is 4.90 Å². The molecule has 1 heterocycles. The number of hydrogen-bond donors (Lipinski definition) is 0. The van der Waals surface area contributed by atoms with Gasteiger partial charge in [-0.2, -0.15) is 0 Å². The minimum atomic E-state index is -0.419. The van der Waals surface area contributed by atoms with E-state index in [-0.39, 0.29) is 6.61 Å². The van der Waals surface area contributed by atoms with E-state index < -0.39 is 6.67 Å². The topological polar surface area (TPSA) is 25.4 Å². The van der Waals surface area contributed by atoms with Crippen molar-refractivity contribution >= 4 is 27.2 Å². The van der Waals surface area contributed by atoms with Crippen LogP contribution in [0.3, 0.4) is 0 Å². The van der Waals surface area contributed by atoms with E-state index in [9.17, 15) is 4.39 Å². The van der Waals surface area contributed by atoms with E-state index in [1.54, 1.807) is 11.3 Å².